The molecule has 0 aliphatic rings. The highest BCUT2D eigenvalue weighted by atomic mass is 32.2. The molecular formula is C19H18N4O3S. The van der Waals surface area contributed by atoms with E-state index >= 15 is 0 Å². The first kappa shape index (κ1) is 18.8. The van der Waals surface area contributed by atoms with Crippen LogP contribution in [0.3, 0.4) is 0 Å². The Labute approximate surface area is 160 Å². The highest BCUT2D eigenvalue weighted by Gasteiger charge is 2.16. The van der Waals surface area contributed by atoms with E-state index in [1.165, 1.54) is 35.5 Å². The van der Waals surface area contributed by atoms with Crippen LogP contribution in [-0.2, 0) is 6.54 Å². The normalized spacial score (nSPS) is 10.7. The molecule has 0 aliphatic heterocycles. The van der Waals surface area contributed by atoms with Crippen molar-refractivity contribution in [2.24, 2.45) is 0 Å². The first-order chi connectivity index (χ1) is 13.0. The smallest absolute Gasteiger partial charge is 0.270 e. The number of carbonyl (C=O) groups excluding carboxylic acids is 1. The summed E-state index contributed by atoms with van der Waals surface area (Å²) < 4.78 is 1.95. The lowest BCUT2D eigenvalue weighted by molar-refractivity contribution is -0.384. The highest BCUT2D eigenvalue weighted by Crippen LogP contribution is 2.25. The molecule has 0 spiro atoms. The zero-order valence-corrected chi connectivity index (χ0v) is 15.8. The van der Waals surface area contributed by atoms with E-state index in [1.807, 2.05) is 42.7 Å². The molecule has 0 aliphatic carbocycles. The fourth-order valence-electron chi connectivity index (χ4n) is 2.60. The van der Waals surface area contributed by atoms with Gasteiger partial charge in [-0.05, 0) is 13.8 Å². The van der Waals surface area contributed by atoms with Gasteiger partial charge < -0.3 is 4.57 Å². The first-order valence-corrected chi connectivity index (χ1v) is 9.39. The summed E-state index contributed by atoms with van der Waals surface area (Å²) in [6.07, 6.45) is 0. The predicted octanol–water partition coefficient (Wildman–Crippen LogP) is 4.16. The Hall–Kier alpha value is -3.00. The number of ketones is 1. The summed E-state index contributed by atoms with van der Waals surface area (Å²) in [5.41, 5.74) is 2.35. The third-order valence-corrected chi connectivity index (χ3v) is 5.02. The Morgan fingerprint density at radius 1 is 1.19 bits per heavy atom. The molecule has 0 saturated heterocycles. The second-order valence-electron chi connectivity index (χ2n) is 5.94. The molecule has 0 radical (unpaired) electrons. The van der Waals surface area contributed by atoms with Crippen LogP contribution in [0.2, 0.25) is 0 Å². The van der Waals surface area contributed by atoms with Crippen LogP contribution in [0.25, 0.3) is 11.4 Å². The van der Waals surface area contributed by atoms with Crippen LogP contribution in [0.4, 0.5) is 5.69 Å². The number of rotatable bonds is 7. The highest BCUT2D eigenvalue weighted by molar-refractivity contribution is 7.99. The number of benzene rings is 2. The second kappa shape index (κ2) is 8.13. The molecule has 0 saturated carbocycles. The molecule has 0 N–H and O–H groups in total. The van der Waals surface area contributed by atoms with Gasteiger partial charge in [0.25, 0.3) is 5.69 Å². The minimum absolute atomic E-state index is 0.0933. The van der Waals surface area contributed by atoms with Gasteiger partial charge in [0.15, 0.2) is 16.8 Å². The molecule has 0 fully saturated rings. The molecule has 0 amide bonds. The van der Waals surface area contributed by atoms with Crippen molar-refractivity contribution in [3.05, 3.63) is 69.8 Å². The standard InChI is InChI=1S/C19H18N4O3S/c1-3-22-18(14-9-7-13(2)8-10-14)20-21-19(22)27-12-17(24)15-5-4-6-16(11-15)23(25)26/h4-11H,3,12H2,1-2H3. The van der Waals surface area contributed by atoms with Crippen LogP contribution >= 0.6 is 11.8 Å². The summed E-state index contributed by atoms with van der Waals surface area (Å²) in [4.78, 5) is 22.8. The van der Waals surface area contributed by atoms with Gasteiger partial charge in [-0.15, -0.1) is 10.2 Å². The van der Waals surface area contributed by atoms with Crippen molar-refractivity contribution in [3.63, 3.8) is 0 Å². The topological polar surface area (TPSA) is 90.9 Å². The van der Waals surface area contributed by atoms with Crippen LogP contribution in [0.15, 0.2) is 53.7 Å². The third-order valence-electron chi connectivity index (χ3n) is 4.05. The average Bonchev–Trinajstić information content (AvgIpc) is 3.09. The molecule has 3 rings (SSSR count). The van der Waals surface area contributed by atoms with Gasteiger partial charge in [0.2, 0.25) is 0 Å². The summed E-state index contributed by atoms with van der Waals surface area (Å²) in [6, 6.07) is 13.8. The molecule has 1 heterocycles. The van der Waals surface area contributed by atoms with Crippen molar-refractivity contribution < 1.29 is 9.72 Å². The van der Waals surface area contributed by atoms with Crippen molar-refractivity contribution >= 4 is 23.2 Å². The summed E-state index contributed by atoms with van der Waals surface area (Å²) in [6.45, 7) is 4.69. The van der Waals surface area contributed by atoms with Crippen molar-refractivity contribution in [1.82, 2.24) is 14.8 Å². The second-order valence-corrected chi connectivity index (χ2v) is 6.88. The van der Waals surface area contributed by atoms with E-state index in [1.54, 1.807) is 6.07 Å². The SMILES string of the molecule is CCn1c(SCC(=O)c2cccc([N+](=O)[O-])c2)nnc1-c1ccc(C)cc1. The minimum atomic E-state index is -0.508. The molecule has 2 aromatic carbocycles. The number of aromatic nitrogens is 3. The van der Waals surface area contributed by atoms with Crippen LogP contribution in [0, 0.1) is 17.0 Å². The number of hydrogen-bond acceptors (Lipinski definition) is 6. The van der Waals surface area contributed by atoms with Gasteiger partial charge in [-0.1, -0.05) is 53.7 Å². The van der Waals surface area contributed by atoms with Crippen LogP contribution < -0.4 is 0 Å². The maximum Gasteiger partial charge on any atom is 0.270 e. The summed E-state index contributed by atoms with van der Waals surface area (Å²) in [5.74, 6) is 0.696. The number of carbonyl (C=O) groups is 1. The van der Waals surface area contributed by atoms with E-state index in [2.05, 4.69) is 10.2 Å². The zero-order valence-electron chi connectivity index (χ0n) is 15.0. The molecule has 138 valence electrons. The molecule has 7 nitrogen and oxygen atoms in total. The lowest BCUT2D eigenvalue weighted by Gasteiger charge is -2.07. The Morgan fingerprint density at radius 2 is 1.93 bits per heavy atom. The van der Waals surface area contributed by atoms with Gasteiger partial charge in [-0.2, -0.15) is 0 Å². The summed E-state index contributed by atoms with van der Waals surface area (Å²) in [7, 11) is 0. The molecule has 0 unspecified atom stereocenters. The van der Waals surface area contributed by atoms with E-state index in [4.69, 9.17) is 0 Å². The van der Waals surface area contributed by atoms with Crippen LogP contribution in [-0.4, -0.2) is 31.2 Å². The van der Waals surface area contributed by atoms with E-state index in [9.17, 15) is 14.9 Å². The van der Waals surface area contributed by atoms with E-state index in [0.29, 0.717) is 17.3 Å². The number of thioether (sulfide) groups is 1. The Balaban J connectivity index is 1.76. The Morgan fingerprint density at radius 3 is 2.59 bits per heavy atom. The van der Waals surface area contributed by atoms with Crippen LogP contribution in [0.1, 0.15) is 22.8 Å². The summed E-state index contributed by atoms with van der Waals surface area (Å²) >= 11 is 1.28. The maximum absolute atomic E-state index is 12.4. The largest absolute Gasteiger partial charge is 0.302 e. The monoisotopic (exact) mass is 382 g/mol. The number of non-ortho nitro benzene ring substituents is 1. The van der Waals surface area contributed by atoms with Crippen molar-refractivity contribution in [1.29, 1.82) is 0 Å². The van der Waals surface area contributed by atoms with Crippen molar-refractivity contribution in [3.8, 4) is 11.4 Å². The van der Waals surface area contributed by atoms with E-state index in [0.717, 1.165) is 11.4 Å². The summed E-state index contributed by atoms with van der Waals surface area (Å²) in [5, 5.41) is 20.0. The number of nitro benzene ring substituents is 1. The minimum Gasteiger partial charge on any atom is -0.302 e. The Bertz CT molecular complexity index is 983. The number of nitro groups is 1. The average molecular weight is 382 g/mol. The zero-order chi connectivity index (χ0) is 19.4. The maximum atomic E-state index is 12.4. The number of hydrogen-bond donors (Lipinski definition) is 0. The van der Waals surface area contributed by atoms with Gasteiger partial charge in [-0.3, -0.25) is 14.9 Å². The van der Waals surface area contributed by atoms with E-state index in [-0.39, 0.29) is 17.2 Å². The predicted molar refractivity (Wildman–Crippen MR) is 104 cm³/mol. The van der Waals surface area contributed by atoms with Crippen molar-refractivity contribution in [2.45, 2.75) is 25.5 Å². The lowest BCUT2D eigenvalue weighted by Crippen LogP contribution is -2.05. The van der Waals surface area contributed by atoms with Gasteiger partial charge in [0, 0.05) is 29.8 Å². The van der Waals surface area contributed by atoms with Crippen molar-refractivity contribution in [2.75, 3.05) is 5.75 Å². The van der Waals surface area contributed by atoms with Crippen LogP contribution in [0.5, 0.6) is 0 Å². The van der Waals surface area contributed by atoms with Gasteiger partial charge >= 0.3 is 0 Å². The van der Waals surface area contributed by atoms with Gasteiger partial charge in [0.1, 0.15) is 0 Å². The lowest BCUT2D eigenvalue weighted by atomic mass is 10.1. The number of aryl methyl sites for hydroxylation is 1. The van der Waals surface area contributed by atoms with E-state index < -0.39 is 4.92 Å². The molecular weight excluding hydrogens is 364 g/mol. The quantitative estimate of drug-likeness (QED) is 0.264. The first-order valence-electron chi connectivity index (χ1n) is 8.40. The third kappa shape index (κ3) is 4.22. The molecule has 27 heavy (non-hydrogen) atoms. The molecule has 8 heteroatoms. The number of Topliss-reactive ketones (excluding diaryl/α,β-unsaturated/α-hetero) is 1. The molecule has 0 bridgehead atoms. The van der Waals surface area contributed by atoms with Gasteiger partial charge in [-0.25, -0.2) is 0 Å². The van der Waals surface area contributed by atoms with Gasteiger partial charge in [0.05, 0.1) is 10.7 Å². The molecule has 0 atom stereocenters. The molecule has 3 aromatic rings. The number of nitrogens with zero attached hydrogens (tertiary/aromatic N) is 4. The fraction of sp³-hybridized carbons (Fsp3) is 0.211. The molecule has 1 aromatic heterocycles. The fourth-order valence-corrected chi connectivity index (χ4v) is 3.50. The Kier molecular flexibility index (Phi) is 5.66.